The topological polar surface area (TPSA) is 90.2 Å². The van der Waals surface area contributed by atoms with Crippen molar-refractivity contribution in [3.63, 3.8) is 0 Å². The fourth-order valence-corrected chi connectivity index (χ4v) is 3.22. The van der Waals surface area contributed by atoms with Gasteiger partial charge in [-0.05, 0) is 54.4 Å². The Labute approximate surface area is 150 Å². The molecule has 6 heteroatoms. The zero-order valence-electron chi connectivity index (χ0n) is 13.9. The van der Waals surface area contributed by atoms with Gasteiger partial charge in [0.25, 0.3) is 0 Å². The summed E-state index contributed by atoms with van der Waals surface area (Å²) in [5.41, 5.74) is 2.92. The van der Waals surface area contributed by atoms with Crippen molar-refractivity contribution >= 4 is 29.3 Å². The number of thioether (sulfide) groups is 1. The summed E-state index contributed by atoms with van der Waals surface area (Å²) in [5.74, 6) is -2.28. The van der Waals surface area contributed by atoms with Gasteiger partial charge in [0.15, 0.2) is 0 Å². The molecule has 2 aromatic carbocycles. The molecule has 0 saturated carbocycles. The molecule has 0 saturated heterocycles. The lowest BCUT2D eigenvalue weighted by atomic mass is 9.95. The molecule has 0 aliphatic carbocycles. The van der Waals surface area contributed by atoms with E-state index < -0.39 is 11.9 Å². The molecule has 0 fully saturated rings. The standard InChI is InChI=1S/C19H18N2O3S/c1-12-8-15(25-11-20)9-13(2)18(12)21-17(22)10-16(19(23)24)14-6-4-3-5-7-14/h3-9,16H,10H2,1-2H3,(H,21,22)(H,23,24). The molecule has 0 aliphatic heterocycles. The summed E-state index contributed by atoms with van der Waals surface area (Å²) in [6, 6.07) is 12.4. The minimum Gasteiger partial charge on any atom is -0.481 e. The molecule has 5 nitrogen and oxygen atoms in total. The van der Waals surface area contributed by atoms with Gasteiger partial charge in [-0.25, -0.2) is 0 Å². The predicted molar refractivity (Wildman–Crippen MR) is 97.5 cm³/mol. The van der Waals surface area contributed by atoms with Crippen LogP contribution in [0.3, 0.4) is 0 Å². The summed E-state index contributed by atoms with van der Waals surface area (Å²) >= 11 is 1.06. The first-order chi connectivity index (χ1) is 11.9. The highest BCUT2D eigenvalue weighted by atomic mass is 32.2. The van der Waals surface area contributed by atoms with Crippen LogP contribution in [0.5, 0.6) is 0 Å². The molecule has 0 heterocycles. The van der Waals surface area contributed by atoms with E-state index in [1.165, 1.54) is 0 Å². The van der Waals surface area contributed by atoms with Crippen LogP contribution in [-0.2, 0) is 9.59 Å². The van der Waals surface area contributed by atoms with Crippen LogP contribution in [0.25, 0.3) is 0 Å². The number of nitrogens with zero attached hydrogens (tertiary/aromatic N) is 1. The number of anilines is 1. The summed E-state index contributed by atoms with van der Waals surface area (Å²) in [7, 11) is 0. The van der Waals surface area contributed by atoms with Crippen LogP contribution in [0.4, 0.5) is 5.69 Å². The molecular weight excluding hydrogens is 336 g/mol. The average molecular weight is 354 g/mol. The summed E-state index contributed by atoms with van der Waals surface area (Å²) in [6.07, 6.45) is -0.146. The number of hydrogen-bond donors (Lipinski definition) is 2. The Morgan fingerprint density at radius 2 is 1.80 bits per heavy atom. The molecule has 128 valence electrons. The number of benzene rings is 2. The molecule has 0 bridgehead atoms. The van der Waals surface area contributed by atoms with Crippen LogP contribution in [0.2, 0.25) is 0 Å². The molecule has 0 aromatic heterocycles. The lowest BCUT2D eigenvalue weighted by Gasteiger charge is -2.16. The van der Waals surface area contributed by atoms with E-state index in [9.17, 15) is 14.7 Å². The highest BCUT2D eigenvalue weighted by Crippen LogP contribution is 2.28. The Hall–Kier alpha value is -2.78. The van der Waals surface area contributed by atoms with Crippen molar-refractivity contribution in [2.24, 2.45) is 0 Å². The van der Waals surface area contributed by atoms with Crippen molar-refractivity contribution in [2.45, 2.75) is 31.1 Å². The average Bonchev–Trinajstić information content (AvgIpc) is 2.57. The zero-order chi connectivity index (χ0) is 18.4. The van der Waals surface area contributed by atoms with Crippen LogP contribution in [-0.4, -0.2) is 17.0 Å². The third-order valence-electron chi connectivity index (χ3n) is 3.82. The number of carboxylic acid groups (broad SMARTS) is 1. The molecule has 1 atom stereocenters. The maximum atomic E-state index is 12.4. The molecule has 2 rings (SSSR count). The maximum Gasteiger partial charge on any atom is 0.311 e. The van der Waals surface area contributed by atoms with Crippen molar-refractivity contribution in [3.8, 4) is 5.40 Å². The van der Waals surface area contributed by atoms with Gasteiger partial charge in [0.2, 0.25) is 5.91 Å². The second kappa shape index (κ2) is 8.36. The van der Waals surface area contributed by atoms with Crippen LogP contribution < -0.4 is 5.32 Å². The van der Waals surface area contributed by atoms with Crippen molar-refractivity contribution < 1.29 is 14.7 Å². The third kappa shape index (κ3) is 4.85. The Bertz CT molecular complexity index is 805. The van der Waals surface area contributed by atoms with Gasteiger partial charge < -0.3 is 10.4 Å². The van der Waals surface area contributed by atoms with E-state index in [-0.39, 0.29) is 12.3 Å². The summed E-state index contributed by atoms with van der Waals surface area (Å²) in [5, 5.41) is 23.0. The fourth-order valence-electron chi connectivity index (χ4n) is 2.64. The van der Waals surface area contributed by atoms with Crippen LogP contribution in [0, 0.1) is 24.5 Å². The molecular formula is C19H18N2O3S. The summed E-state index contributed by atoms with van der Waals surface area (Å²) < 4.78 is 0. The van der Waals surface area contributed by atoms with Gasteiger partial charge in [0.05, 0.1) is 5.92 Å². The number of nitriles is 1. The Kier molecular flexibility index (Phi) is 6.20. The molecule has 0 aliphatic rings. The van der Waals surface area contributed by atoms with Crippen LogP contribution >= 0.6 is 11.8 Å². The quantitative estimate of drug-likeness (QED) is 0.603. The van der Waals surface area contributed by atoms with E-state index in [4.69, 9.17) is 5.26 Å². The third-order valence-corrected chi connectivity index (χ3v) is 4.39. The summed E-state index contributed by atoms with van der Waals surface area (Å²) in [4.78, 5) is 24.7. The van der Waals surface area contributed by atoms with E-state index in [2.05, 4.69) is 5.32 Å². The zero-order valence-corrected chi connectivity index (χ0v) is 14.8. The normalized spacial score (nSPS) is 11.4. The number of carbonyl (C=O) groups excluding carboxylic acids is 1. The first-order valence-electron chi connectivity index (χ1n) is 7.67. The lowest BCUT2D eigenvalue weighted by molar-refractivity contribution is -0.140. The van der Waals surface area contributed by atoms with E-state index in [1.807, 2.05) is 31.4 Å². The maximum absolute atomic E-state index is 12.4. The molecule has 1 amide bonds. The minimum atomic E-state index is -1.03. The number of aryl methyl sites for hydroxylation is 2. The van der Waals surface area contributed by atoms with Gasteiger partial charge in [-0.3, -0.25) is 9.59 Å². The Morgan fingerprint density at radius 1 is 1.20 bits per heavy atom. The van der Waals surface area contributed by atoms with Crippen molar-refractivity contribution in [1.82, 2.24) is 0 Å². The van der Waals surface area contributed by atoms with E-state index in [0.717, 1.165) is 27.8 Å². The van der Waals surface area contributed by atoms with E-state index >= 15 is 0 Å². The van der Waals surface area contributed by atoms with Gasteiger partial charge in [0, 0.05) is 17.0 Å². The monoisotopic (exact) mass is 354 g/mol. The highest BCUT2D eigenvalue weighted by Gasteiger charge is 2.23. The molecule has 1 unspecified atom stereocenters. The number of nitrogens with one attached hydrogen (secondary N) is 1. The second-order valence-corrected chi connectivity index (χ2v) is 6.54. The van der Waals surface area contributed by atoms with Gasteiger partial charge in [0.1, 0.15) is 5.40 Å². The number of carboxylic acids is 1. The van der Waals surface area contributed by atoms with Crippen molar-refractivity contribution in [2.75, 3.05) is 5.32 Å². The van der Waals surface area contributed by atoms with Gasteiger partial charge in [-0.2, -0.15) is 5.26 Å². The number of rotatable bonds is 6. The van der Waals surface area contributed by atoms with Gasteiger partial charge >= 0.3 is 5.97 Å². The van der Waals surface area contributed by atoms with E-state index in [1.54, 1.807) is 30.3 Å². The van der Waals surface area contributed by atoms with Crippen molar-refractivity contribution in [1.29, 1.82) is 5.26 Å². The lowest BCUT2D eigenvalue weighted by Crippen LogP contribution is -2.21. The van der Waals surface area contributed by atoms with Gasteiger partial charge in [-0.15, -0.1) is 0 Å². The highest BCUT2D eigenvalue weighted by molar-refractivity contribution is 8.03. The Morgan fingerprint density at radius 3 is 2.32 bits per heavy atom. The first kappa shape index (κ1) is 18.6. The predicted octanol–water partition coefficient (Wildman–Crippen LogP) is 4.07. The number of carbonyl (C=O) groups is 2. The molecule has 0 spiro atoms. The summed E-state index contributed by atoms with van der Waals surface area (Å²) in [6.45, 7) is 3.69. The number of thiocyanates is 1. The molecule has 2 aromatic rings. The second-order valence-electron chi connectivity index (χ2n) is 5.68. The first-order valence-corrected chi connectivity index (χ1v) is 8.48. The number of amides is 1. The van der Waals surface area contributed by atoms with Gasteiger partial charge in [-0.1, -0.05) is 30.3 Å². The fraction of sp³-hybridized carbons (Fsp3) is 0.211. The van der Waals surface area contributed by atoms with Crippen molar-refractivity contribution in [3.05, 3.63) is 59.2 Å². The molecule has 0 radical (unpaired) electrons. The van der Waals surface area contributed by atoms with Crippen LogP contribution in [0.1, 0.15) is 29.0 Å². The SMILES string of the molecule is Cc1cc(SC#N)cc(C)c1NC(=O)CC(C(=O)O)c1ccccc1. The molecule has 2 N–H and O–H groups in total. The van der Waals surface area contributed by atoms with E-state index in [0.29, 0.717) is 11.3 Å². The smallest absolute Gasteiger partial charge is 0.311 e. The molecule has 25 heavy (non-hydrogen) atoms. The Balaban J connectivity index is 2.17. The largest absolute Gasteiger partial charge is 0.481 e. The minimum absolute atomic E-state index is 0.146. The number of aliphatic carboxylic acids is 1. The van der Waals surface area contributed by atoms with Crippen LogP contribution in [0.15, 0.2) is 47.4 Å². The number of hydrogen-bond acceptors (Lipinski definition) is 4.